The SMILES string of the molecule is CCCCCCCCCCC(=O)OC(CC)CO. The summed E-state index contributed by atoms with van der Waals surface area (Å²) in [4.78, 5) is 11.4. The van der Waals surface area contributed by atoms with Gasteiger partial charge in [-0.05, 0) is 12.8 Å². The predicted molar refractivity (Wildman–Crippen MR) is 74.5 cm³/mol. The molecule has 3 nitrogen and oxygen atoms in total. The largest absolute Gasteiger partial charge is 0.460 e. The number of aliphatic hydroxyl groups is 1. The predicted octanol–water partition coefficient (Wildman–Crippen LogP) is 3.83. The van der Waals surface area contributed by atoms with Crippen LogP contribution < -0.4 is 0 Å². The Balaban J connectivity index is 3.30. The van der Waals surface area contributed by atoms with Crippen LogP contribution in [0, 0.1) is 0 Å². The van der Waals surface area contributed by atoms with E-state index in [-0.39, 0.29) is 18.7 Å². The highest BCUT2D eigenvalue weighted by molar-refractivity contribution is 5.69. The molecule has 1 atom stereocenters. The van der Waals surface area contributed by atoms with Crippen molar-refractivity contribution in [3.63, 3.8) is 0 Å². The third-order valence-corrected chi connectivity index (χ3v) is 3.19. The summed E-state index contributed by atoms with van der Waals surface area (Å²) in [6, 6.07) is 0. The number of hydrogen-bond acceptors (Lipinski definition) is 3. The monoisotopic (exact) mass is 258 g/mol. The molecule has 0 aromatic carbocycles. The maximum atomic E-state index is 11.4. The number of aliphatic hydroxyl groups excluding tert-OH is 1. The number of esters is 1. The molecule has 0 aromatic heterocycles. The van der Waals surface area contributed by atoms with E-state index in [1.54, 1.807) is 0 Å². The van der Waals surface area contributed by atoms with Crippen LogP contribution in [0.15, 0.2) is 0 Å². The Morgan fingerprint density at radius 1 is 1.00 bits per heavy atom. The summed E-state index contributed by atoms with van der Waals surface area (Å²) in [5.41, 5.74) is 0. The van der Waals surface area contributed by atoms with Crippen LogP contribution in [-0.4, -0.2) is 23.8 Å². The summed E-state index contributed by atoms with van der Waals surface area (Å²) in [5.74, 6) is -0.165. The molecule has 3 heteroatoms. The summed E-state index contributed by atoms with van der Waals surface area (Å²) in [7, 11) is 0. The first kappa shape index (κ1) is 17.4. The Bertz CT molecular complexity index is 188. The van der Waals surface area contributed by atoms with Gasteiger partial charge in [0.25, 0.3) is 0 Å². The van der Waals surface area contributed by atoms with Gasteiger partial charge in [-0.25, -0.2) is 0 Å². The zero-order valence-electron chi connectivity index (χ0n) is 12.1. The standard InChI is InChI=1S/C15H30O3/c1-3-5-6-7-8-9-10-11-12-15(17)18-14(4-2)13-16/h14,16H,3-13H2,1-2H3. The lowest BCUT2D eigenvalue weighted by atomic mass is 10.1. The molecule has 0 saturated heterocycles. The minimum absolute atomic E-state index is 0.0698. The van der Waals surface area contributed by atoms with Gasteiger partial charge >= 0.3 is 5.97 Å². The fourth-order valence-corrected chi connectivity index (χ4v) is 1.90. The van der Waals surface area contributed by atoms with Crippen LogP contribution in [0.25, 0.3) is 0 Å². The lowest BCUT2D eigenvalue weighted by Crippen LogP contribution is -2.20. The topological polar surface area (TPSA) is 46.5 Å². The van der Waals surface area contributed by atoms with E-state index in [1.807, 2.05) is 6.92 Å². The molecule has 1 N–H and O–H groups in total. The van der Waals surface area contributed by atoms with Gasteiger partial charge in [-0.2, -0.15) is 0 Å². The van der Waals surface area contributed by atoms with E-state index in [4.69, 9.17) is 9.84 Å². The second-order valence-electron chi connectivity index (χ2n) is 4.93. The van der Waals surface area contributed by atoms with Gasteiger partial charge in [0.2, 0.25) is 0 Å². The summed E-state index contributed by atoms with van der Waals surface area (Å²) in [5, 5.41) is 8.91. The fraction of sp³-hybridized carbons (Fsp3) is 0.933. The average molecular weight is 258 g/mol. The van der Waals surface area contributed by atoms with E-state index in [1.165, 1.54) is 38.5 Å². The van der Waals surface area contributed by atoms with E-state index in [2.05, 4.69) is 6.92 Å². The van der Waals surface area contributed by atoms with Gasteiger partial charge in [0.1, 0.15) is 6.10 Å². The summed E-state index contributed by atoms with van der Waals surface area (Å²) in [6.07, 6.45) is 10.7. The molecule has 0 bridgehead atoms. The summed E-state index contributed by atoms with van der Waals surface area (Å²) in [6.45, 7) is 4.06. The molecule has 0 saturated carbocycles. The second-order valence-corrected chi connectivity index (χ2v) is 4.93. The highest BCUT2D eigenvalue weighted by atomic mass is 16.5. The second kappa shape index (κ2) is 12.9. The lowest BCUT2D eigenvalue weighted by Gasteiger charge is -2.12. The first-order valence-corrected chi connectivity index (χ1v) is 7.54. The van der Waals surface area contributed by atoms with Crippen molar-refractivity contribution >= 4 is 5.97 Å². The molecule has 0 heterocycles. The van der Waals surface area contributed by atoms with Gasteiger partial charge in [-0.1, -0.05) is 58.8 Å². The number of rotatable bonds is 12. The Morgan fingerprint density at radius 3 is 2.06 bits per heavy atom. The number of carbonyl (C=O) groups is 1. The van der Waals surface area contributed by atoms with Crippen LogP contribution in [0.3, 0.4) is 0 Å². The average Bonchev–Trinajstić information content (AvgIpc) is 2.39. The van der Waals surface area contributed by atoms with Crippen molar-refractivity contribution in [3.8, 4) is 0 Å². The molecule has 18 heavy (non-hydrogen) atoms. The van der Waals surface area contributed by atoms with Crippen LogP contribution in [0.1, 0.15) is 78.1 Å². The molecular weight excluding hydrogens is 228 g/mol. The van der Waals surface area contributed by atoms with Crippen LogP contribution in [0.5, 0.6) is 0 Å². The van der Waals surface area contributed by atoms with Crippen LogP contribution in [-0.2, 0) is 9.53 Å². The minimum Gasteiger partial charge on any atom is -0.460 e. The third-order valence-electron chi connectivity index (χ3n) is 3.19. The molecule has 0 aromatic rings. The minimum atomic E-state index is -0.313. The highest BCUT2D eigenvalue weighted by Gasteiger charge is 2.10. The summed E-state index contributed by atoms with van der Waals surface area (Å²) >= 11 is 0. The molecule has 0 rings (SSSR count). The van der Waals surface area contributed by atoms with Crippen LogP contribution >= 0.6 is 0 Å². The zero-order chi connectivity index (χ0) is 13.6. The molecule has 0 spiro atoms. The molecule has 1 unspecified atom stereocenters. The number of unbranched alkanes of at least 4 members (excludes halogenated alkanes) is 7. The Morgan fingerprint density at radius 2 is 1.56 bits per heavy atom. The zero-order valence-corrected chi connectivity index (χ0v) is 12.1. The number of ether oxygens (including phenoxy) is 1. The number of carbonyl (C=O) groups excluding carboxylic acids is 1. The molecule has 0 amide bonds. The van der Waals surface area contributed by atoms with Crippen molar-refractivity contribution in [1.29, 1.82) is 0 Å². The first-order valence-electron chi connectivity index (χ1n) is 7.54. The maximum absolute atomic E-state index is 11.4. The van der Waals surface area contributed by atoms with Gasteiger partial charge in [0, 0.05) is 6.42 Å². The van der Waals surface area contributed by atoms with Crippen molar-refractivity contribution in [2.45, 2.75) is 84.2 Å². The quantitative estimate of drug-likeness (QED) is 0.427. The van der Waals surface area contributed by atoms with Gasteiger partial charge in [-0.3, -0.25) is 4.79 Å². The van der Waals surface area contributed by atoms with E-state index < -0.39 is 0 Å². The van der Waals surface area contributed by atoms with Gasteiger partial charge in [0.05, 0.1) is 6.61 Å². The fourth-order valence-electron chi connectivity index (χ4n) is 1.90. The maximum Gasteiger partial charge on any atom is 0.306 e. The van der Waals surface area contributed by atoms with Crippen molar-refractivity contribution in [2.24, 2.45) is 0 Å². The molecule has 0 radical (unpaired) electrons. The molecule has 0 fully saturated rings. The van der Waals surface area contributed by atoms with E-state index in [9.17, 15) is 4.79 Å². The van der Waals surface area contributed by atoms with Crippen molar-refractivity contribution < 1.29 is 14.6 Å². The Hall–Kier alpha value is -0.570. The molecule has 108 valence electrons. The van der Waals surface area contributed by atoms with Gasteiger partial charge in [-0.15, -0.1) is 0 Å². The van der Waals surface area contributed by atoms with Crippen molar-refractivity contribution in [3.05, 3.63) is 0 Å². The van der Waals surface area contributed by atoms with Crippen LogP contribution in [0.2, 0.25) is 0 Å². The van der Waals surface area contributed by atoms with Crippen molar-refractivity contribution in [1.82, 2.24) is 0 Å². The van der Waals surface area contributed by atoms with E-state index in [0.29, 0.717) is 12.8 Å². The van der Waals surface area contributed by atoms with E-state index in [0.717, 1.165) is 12.8 Å². The lowest BCUT2D eigenvalue weighted by molar-refractivity contribution is -0.151. The highest BCUT2D eigenvalue weighted by Crippen LogP contribution is 2.10. The van der Waals surface area contributed by atoms with E-state index >= 15 is 0 Å². The van der Waals surface area contributed by atoms with Crippen molar-refractivity contribution in [2.75, 3.05) is 6.61 Å². The number of hydrogen-bond donors (Lipinski definition) is 1. The smallest absolute Gasteiger partial charge is 0.306 e. The normalized spacial score (nSPS) is 12.4. The van der Waals surface area contributed by atoms with Gasteiger partial charge in [0.15, 0.2) is 0 Å². The Labute approximate surface area is 112 Å². The first-order chi connectivity index (χ1) is 8.74. The summed E-state index contributed by atoms with van der Waals surface area (Å²) < 4.78 is 5.12. The molecule has 0 aliphatic carbocycles. The van der Waals surface area contributed by atoms with Gasteiger partial charge < -0.3 is 9.84 Å². The van der Waals surface area contributed by atoms with Crippen LogP contribution in [0.4, 0.5) is 0 Å². The molecule has 0 aliphatic heterocycles. The third kappa shape index (κ3) is 10.6. The Kier molecular flexibility index (Phi) is 12.5. The molecular formula is C15H30O3. The molecule has 0 aliphatic rings.